The van der Waals surface area contributed by atoms with Gasteiger partial charge in [-0.3, -0.25) is 29.0 Å². The smallest absolute Gasteiger partial charge is 0.271 e. The molecule has 7 atom stereocenters. The molecule has 3 aromatic rings. The number of rotatable bonds is 5. The Balaban J connectivity index is 1.35. The van der Waals surface area contributed by atoms with Gasteiger partial charge in [0.05, 0.1) is 23.2 Å². The number of nitrogens with one attached hydrogen (secondary N) is 4. The van der Waals surface area contributed by atoms with E-state index in [2.05, 4.69) is 31.2 Å². The number of thiazole rings is 2. The van der Waals surface area contributed by atoms with Crippen LogP contribution >= 0.6 is 34.4 Å². The summed E-state index contributed by atoms with van der Waals surface area (Å²) in [5.74, 6) is -1.48. The molecule has 6 rings (SSSR count). The van der Waals surface area contributed by atoms with Gasteiger partial charge in [-0.15, -0.1) is 34.4 Å². The number of aliphatic imine (C=N–C) groups is 1. The minimum Gasteiger partial charge on any atom is -0.345 e. The molecule has 5 heterocycles. The van der Waals surface area contributed by atoms with E-state index >= 15 is 0 Å². The average Bonchev–Trinajstić information content (AvgIpc) is 3.98. The summed E-state index contributed by atoms with van der Waals surface area (Å²) < 4.78 is 0. The van der Waals surface area contributed by atoms with E-state index < -0.39 is 42.2 Å². The van der Waals surface area contributed by atoms with Crippen LogP contribution in [0, 0.1) is 11.8 Å². The van der Waals surface area contributed by atoms with Crippen LogP contribution in [0.3, 0.4) is 0 Å². The number of carbonyl (C=O) groups is 5. The summed E-state index contributed by atoms with van der Waals surface area (Å²) in [7, 11) is 0. The highest BCUT2D eigenvalue weighted by Gasteiger charge is 2.39. The lowest BCUT2D eigenvalue weighted by atomic mass is 9.99. The molecule has 3 aliphatic heterocycles. The Hall–Kier alpha value is -4.15. The Morgan fingerprint density at radius 3 is 2.15 bits per heavy atom. The van der Waals surface area contributed by atoms with Gasteiger partial charge in [0.1, 0.15) is 39.5 Å². The maximum absolute atomic E-state index is 13.8. The Bertz CT molecular complexity index is 1860. The van der Waals surface area contributed by atoms with Gasteiger partial charge in [0.2, 0.25) is 17.7 Å². The van der Waals surface area contributed by atoms with Crippen molar-refractivity contribution in [1.29, 1.82) is 0 Å². The zero-order valence-corrected chi connectivity index (χ0v) is 32.9. The van der Waals surface area contributed by atoms with E-state index in [1.165, 1.54) is 39.3 Å². The molecule has 0 saturated carbocycles. The molecule has 4 N–H and O–H groups in total. The first-order valence-corrected chi connectivity index (χ1v) is 20.9. The summed E-state index contributed by atoms with van der Waals surface area (Å²) in [6.07, 6.45) is 2.34. The molecule has 1 fully saturated rings. The van der Waals surface area contributed by atoms with Crippen LogP contribution in [0.25, 0.3) is 0 Å². The van der Waals surface area contributed by atoms with Gasteiger partial charge in [0, 0.05) is 23.1 Å². The summed E-state index contributed by atoms with van der Waals surface area (Å²) in [5.41, 5.74) is 1.37. The van der Waals surface area contributed by atoms with Crippen molar-refractivity contribution in [2.24, 2.45) is 16.8 Å². The van der Waals surface area contributed by atoms with Gasteiger partial charge in [-0.25, -0.2) is 9.97 Å². The van der Waals surface area contributed by atoms with Crippen LogP contribution in [0.5, 0.6) is 0 Å². The summed E-state index contributed by atoms with van der Waals surface area (Å²) >= 11 is 4.00. The van der Waals surface area contributed by atoms with Gasteiger partial charge >= 0.3 is 0 Å². The van der Waals surface area contributed by atoms with Gasteiger partial charge in [0.25, 0.3) is 11.8 Å². The fourth-order valence-electron chi connectivity index (χ4n) is 6.65. The van der Waals surface area contributed by atoms with Crippen molar-refractivity contribution in [1.82, 2.24) is 36.1 Å². The van der Waals surface area contributed by atoms with E-state index in [1.54, 1.807) is 17.7 Å². The second-order valence-electron chi connectivity index (χ2n) is 14.1. The topological polar surface area (TPSA) is 175 Å². The molecule has 2 aromatic heterocycles. The number of hydrogen-bond donors (Lipinski definition) is 4. The van der Waals surface area contributed by atoms with Crippen molar-refractivity contribution in [3.05, 3.63) is 68.1 Å². The molecule has 282 valence electrons. The maximum Gasteiger partial charge on any atom is 0.271 e. The van der Waals surface area contributed by atoms with E-state index in [4.69, 9.17) is 4.99 Å². The monoisotopic (exact) mass is 778 g/mol. The second kappa shape index (κ2) is 16.9. The highest BCUT2D eigenvalue weighted by molar-refractivity contribution is 8.14. The molecule has 53 heavy (non-hydrogen) atoms. The normalized spacial score (nSPS) is 26.6. The molecule has 0 aliphatic carbocycles. The number of fused-ring (bicyclic) bond motifs is 6. The van der Waals surface area contributed by atoms with Gasteiger partial charge in [-0.1, -0.05) is 64.4 Å². The van der Waals surface area contributed by atoms with E-state index in [-0.39, 0.29) is 46.9 Å². The third-order valence-corrected chi connectivity index (χ3v) is 13.0. The number of hydrogen-bond acceptors (Lipinski definition) is 11. The van der Waals surface area contributed by atoms with Gasteiger partial charge in [-0.05, 0) is 43.6 Å². The lowest BCUT2D eigenvalue weighted by molar-refractivity contribution is -0.140. The van der Waals surface area contributed by atoms with Crippen molar-refractivity contribution >= 4 is 69.0 Å². The molecule has 1 aromatic carbocycles. The van der Waals surface area contributed by atoms with E-state index in [0.717, 1.165) is 12.0 Å². The lowest BCUT2D eigenvalue weighted by Crippen LogP contribution is -2.53. The Morgan fingerprint density at radius 1 is 0.849 bits per heavy atom. The molecule has 1 saturated heterocycles. The van der Waals surface area contributed by atoms with Crippen LogP contribution in [0.4, 0.5) is 0 Å². The summed E-state index contributed by atoms with van der Waals surface area (Å²) in [5, 5.41) is 17.3. The largest absolute Gasteiger partial charge is 0.345 e. The third kappa shape index (κ3) is 8.81. The minimum atomic E-state index is -0.907. The summed E-state index contributed by atoms with van der Waals surface area (Å²) in [4.78, 5) is 84.1. The molecule has 0 spiro atoms. The van der Waals surface area contributed by atoms with Crippen molar-refractivity contribution in [3.63, 3.8) is 0 Å². The van der Waals surface area contributed by atoms with Crippen LogP contribution in [-0.2, 0) is 20.8 Å². The number of benzene rings is 1. The summed E-state index contributed by atoms with van der Waals surface area (Å²) in [6, 6.07) is 5.99. The standard InChI is InChI=1S/C37H46N8O5S3/c1-6-20(4)29-36-42-24(17-53-36)30(46)38-21(5)37(50)45-14-10-13-27(45)33(49)43-28(19(2)3)35-41-25(18-52-35)31(47)39-23(15-22-11-8-7-9-12-22)34-40-26(16-51-34)32(48)44-29/h7-9,11-12,17-21,23,26-29H,6,10,13-16H2,1-5H3,(H,38,46)(H,39,47)(H,43,49)(H,44,48)/t20-,21-,23-,26-,27-,28-,29+/m0/s1. The van der Waals surface area contributed by atoms with Crippen molar-refractivity contribution in [2.45, 2.75) is 96.6 Å². The Morgan fingerprint density at radius 2 is 1.49 bits per heavy atom. The third-order valence-electron chi connectivity index (χ3n) is 9.93. The number of aromatic nitrogens is 2. The molecule has 16 heteroatoms. The summed E-state index contributed by atoms with van der Waals surface area (Å²) in [6.45, 7) is 9.95. The van der Waals surface area contributed by atoms with Crippen LogP contribution in [-0.4, -0.2) is 85.9 Å². The van der Waals surface area contributed by atoms with Crippen LogP contribution < -0.4 is 21.3 Å². The molecule has 0 radical (unpaired) electrons. The number of carbonyl (C=O) groups excluding carboxylic acids is 5. The lowest BCUT2D eigenvalue weighted by Gasteiger charge is -2.29. The van der Waals surface area contributed by atoms with Crippen LogP contribution in [0.15, 0.2) is 46.1 Å². The van der Waals surface area contributed by atoms with E-state index in [9.17, 15) is 24.0 Å². The minimum absolute atomic E-state index is 0.000706. The van der Waals surface area contributed by atoms with Crippen LogP contribution in [0.1, 0.15) is 103 Å². The first-order valence-electron chi connectivity index (χ1n) is 18.1. The first kappa shape index (κ1) is 38.6. The highest BCUT2D eigenvalue weighted by Crippen LogP contribution is 2.31. The Kier molecular flexibility index (Phi) is 12.3. The van der Waals surface area contributed by atoms with E-state index in [0.29, 0.717) is 46.6 Å². The van der Waals surface area contributed by atoms with Crippen LogP contribution in [0.2, 0.25) is 0 Å². The molecular weight excluding hydrogens is 733 g/mol. The van der Waals surface area contributed by atoms with Crippen molar-refractivity contribution in [3.8, 4) is 0 Å². The number of thioether (sulfide) groups is 1. The first-order chi connectivity index (χ1) is 25.4. The number of nitrogens with zero attached hydrogens (tertiary/aromatic N) is 4. The molecule has 3 aliphatic rings. The number of amides is 5. The van der Waals surface area contributed by atoms with E-state index in [1.807, 2.05) is 58.0 Å². The zero-order valence-electron chi connectivity index (χ0n) is 30.5. The SMILES string of the molecule is CC[C@H](C)[C@H]1NC(=O)[C@@H]2CSC(=N2)[C@H](Cc2ccccc2)NC(=O)c2csc(n2)[C@H](C(C)C)NC(=O)[C@@H]2CCCN2C(=O)[C@H](C)NC(=O)c2csc1n2. The van der Waals surface area contributed by atoms with Gasteiger partial charge in [-0.2, -0.15) is 0 Å². The molecular formula is C37H46N8O5S3. The van der Waals surface area contributed by atoms with Crippen molar-refractivity contribution < 1.29 is 24.0 Å². The molecule has 0 unspecified atom stereocenters. The average molecular weight is 779 g/mol. The van der Waals surface area contributed by atoms with Gasteiger partial charge < -0.3 is 26.2 Å². The fourth-order valence-corrected chi connectivity index (χ4v) is 9.75. The highest BCUT2D eigenvalue weighted by atomic mass is 32.2. The molecule has 13 nitrogen and oxygen atoms in total. The predicted octanol–water partition coefficient (Wildman–Crippen LogP) is 4.29. The predicted molar refractivity (Wildman–Crippen MR) is 207 cm³/mol. The molecule has 5 amide bonds. The van der Waals surface area contributed by atoms with Gasteiger partial charge in [0.15, 0.2) is 0 Å². The molecule has 6 bridgehead atoms. The second-order valence-corrected chi connectivity index (χ2v) is 17.0. The Labute approximate surface area is 321 Å². The fraction of sp³-hybridized carbons (Fsp3) is 0.514. The quantitative estimate of drug-likeness (QED) is 0.297. The zero-order chi connectivity index (χ0) is 37.8. The maximum atomic E-state index is 13.8. The van der Waals surface area contributed by atoms with Crippen molar-refractivity contribution in [2.75, 3.05) is 12.3 Å².